The van der Waals surface area contributed by atoms with Gasteiger partial charge in [-0.1, -0.05) is 13.3 Å². The second-order valence-electron chi connectivity index (χ2n) is 3.37. The standard InChI is InChI=1S/C10H17NO2S/c1-2-14-9-5-3-4-8(9)11-7-6-10(12)13/h6-9,11H,2-5H2,1H3,(H,12,13)/b7-6+. The van der Waals surface area contributed by atoms with Gasteiger partial charge in [-0.2, -0.15) is 11.8 Å². The van der Waals surface area contributed by atoms with E-state index in [2.05, 4.69) is 12.2 Å². The first-order chi connectivity index (χ1) is 6.74. The highest BCUT2D eigenvalue weighted by Crippen LogP contribution is 2.29. The van der Waals surface area contributed by atoms with Crippen molar-refractivity contribution in [3.8, 4) is 0 Å². The summed E-state index contributed by atoms with van der Waals surface area (Å²) in [6.45, 7) is 2.16. The van der Waals surface area contributed by atoms with E-state index in [9.17, 15) is 4.79 Å². The highest BCUT2D eigenvalue weighted by atomic mass is 32.2. The first-order valence-corrected chi connectivity index (χ1v) is 6.06. The van der Waals surface area contributed by atoms with Crippen LogP contribution in [0.2, 0.25) is 0 Å². The third kappa shape index (κ3) is 3.62. The summed E-state index contributed by atoms with van der Waals surface area (Å²) in [5.41, 5.74) is 0. The molecule has 1 rings (SSSR count). The average molecular weight is 215 g/mol. The molecule has 0 aromatic heterocycles. The topological polar surface area (TPSA) is 49.3 Å². The average Bonchev–Trinajstić information content (AvgIpc) is 2.53. The highest BCUT2D eigenvalue weighted by molar-refractivity contribution is 7.99. The van der Waals surface area contributed by atoms with Crippen molar-refractivity contribution in [1.82, 2.24) is 5.32 Å². The number of hydrogen-bond acceptors (Lipinski definition) is 3. The van der Waals surface area contributed by atoms with Gasteiger partial charge in [0.15, 0.2) is 0 Å². The fraction of sp³-hybridized carbons (Fsp3) is 0.700. The molecule has 14 heavy (non-hydrogen) atoms. The minimum atomic E-state index is -0.893. The first kappa shape index (κ1) is 11.4. The summed E-state index contributed by atoms with van der Waals surface area (Å²) in [5.74, 6) is 0.237. The van der Waals surface area contributed by atoms with Gasteiger partial charge in [0.05, 0.1) is 0 Å². The van der Waals surface area contributed by atoms with Crippen LogP contribution in [0.4, 0.5) is 0 Å². The maximum Gasteiger partial charge on any atom is 0.329 e. The lowest BCUT2D eigenvalue weighted by molar-refractivity contribution is -0.131. The molecule has 0 aromatic carbocycles. The van der Waals surface area contributed by atoms with E-state index in [0.717, 1.165) is 18.2 Å². The molecule has 0 saturated heterocycles. The van der Waals surface area contributed by atoms with Crippen molar-refractivity contribution in [2.75, 3.05) is 5.75 Å². The Morgan fingerprint density at radius 2 is 2.43 bits per heavy atom. The van der Waals surface area contributed by atoms with Crippen molar-refractivity contribution in [2.24, 2.45) is 0 Å². The molecule has 1 aliphatic rings. The predicted octanol–water partition coefficient (Wildman–Crippen LogP) is 1.85. The molecule has 0 bridgehead atoms. The van der Waals surface area contributed by atoms with Gasteiger partial charge >= 0.3 is 5.97 Å². The molecule has 1 saturated carbocycles. The predicted molar refractivity (Wildman–Crippen MR) is 59.5 cm³/mol. The first-order valence-electron chi connectivity index (χ1n) is 5.01. The summed E-state index contributed by atoms with van der Waals surface area (Å²) >= 11 is 1.96. The van der Waals surface area contributed by atoms with Crippen molar-refractivity contribution >= 4 is 17.7 Å². The second kappa shape index (κ2) is 5.96. The largest absolute Gasteiger partial charge is 0.478 e. The van der Waals surface area contributed by atoms with Gasteiger partial charge in [0.1, 0.15) is 0 Å². The van der Waals surface area contributed by atoms with E-state index in [1.54, 1.807) is 6.20 Å². The Morgan fingerprint density at radius 3 is 3.07 bits per heavy atom. The molecule has 3 nitrogen and oxygen atoms in total. The Bertz CT molecular complexity index is 218. The lowest BCUT2D eigenvalue weighted by Gasteiger charge is -2.18. The number of hydrogen-bond donors (Lipinski definition) is 2. The number of carboxylic acids is 1. The molecule has 80 valence electrons. The lowest BCUT2D eigenvalue weighted by atomic mass is 10.2. The van der Waals surface area contributed by atoms with Crippen molar-refractivity contribution in [3.63, 3.8) is 0 Å². The number of nitrogens with one attached hydrogen (secondary N) is 1. The molecule has 2 atom stereocenters. The van der Waals surface area contributed by atoms with Crippen LogP contribution in [-0.2, 0) is 4.79 Å². The molecule has 0 aliphatic heterocycles. The van der Waals surface area contributed by atoms with Crippen LogP contribution < -0.4 is 5.32 Å². The van der Waals surface area contributed by atoms with Gasteiger partial charge in [0.25, 0.3) is 0 Å². The molecule has 0 spiro atoms. The Morgan fingerprint density at radius 1 is 1.64 bits per heavy atom. The third-order valence-corrected chi connectivity index (χ3v) is 3.70. The number of thioether (sulfide) groups is 1. The highest BCUT2D eigenvalue weighted by Gasteiger charge is 2.25. The van der Waals surface area contributed by atoms with Crippen LogP contribution in [0.3, 0.4) is 0 Å². The summed E-state index contributed by atoms with van der Waals surface area (Å²) in [5, 5.41) is 12.2. The van der Waals surface area contributed by atoms with E-state index in [4.69, 9.17) is 5.11 Å². The summed E-state index contributed by atoms with van der Waals surface area (Å²) in [6.07, 6.45) is 6.36. The second-order valence-corrected chi connectivity index (χ2v) is 4.89. The zero-order chi connectivity index (χ0) is 10.4. The zero-order valence-electron chi connectivity index (χ0n) is 8.40. The molecular weight excluding hydrogens is 198 g/mol. The fourth-order valence-corrected chi connectivity index (χ4v) is 2.98. The van der Waals surface area contributed by atoms with Crippen LogP contribution in [0.1, 0.15) is 26.2 Å². The molecule has 0 radical (unpaired) electrons. The third-order valence-electron chi connectivity index (χ3n) is 2.37. The molecule has 1 aliphatic carbocycles. The monoisotopic (exact) mass is 215 g/mol. The number of carbonyl (C=O) groups is 1. The Balaban J connectivity index is 2.32. The van der Waals surface area contributed by atoms with Crippen molar-refractivity contribution < 1.29 is 9.90 Å². The minimum absolute atomic E-state index is 0.454. The van der Waals surface area contributed by atoms with Gasteiger partial charge in [-0.3, -0.25) is 0 Å². The van der Waals surface area contributed by atoms with Gasteiger partial charge in [-0.05, 0) is 18.6 Å². The summed E-state index contributed by atoms with van der Waals surface area (Å²) < 4.78 is 0. The molecule has 0 amide bonds. The Hall–Kier alpha value is -0.640. The Kier molecular flexibility index (Phi) is 4.87. The summed E-state index contributed by atoms with van der Waals surface area (Å²) in [4.78, 5) is 10.2. The summed E-state index contributed by atoms with van der Waals surface area (Å²) in [6, 6.07) is 0.454. The SMILES string of the molecule is CCSC1CCCC1N/C=C/C(=O)O. The van der Waals surface area contributed by atoms with Crippen molar-refractivity contribution in [2.45, 2.75) is 37.5 Å². The number of rotatable bonds is 5. The maximum atomic E-state index is 10.2. The van der Waals surface area contributed by atoms with Gasteiger partial charge in [0, 0.05) is 23.6 Å². The Labute approximate surface area is 89.0 Å². The van der Waals surface area contributed by atoms with Crippen LogP contribution in [-0.4, -0.2) is 28.1 Å². The number of aliphatic carboxylic acids is 1. The number of carboxylic acid groups (broad SMARTS) is 1. The smallest absolute Gasteiger partial charge is 0.329 e. The lowest BCUT2D eigenvalue weighted by Crippen LogP contribution is -2.30. The van der Waals surface area contributed by atoms with E-state index >= 15 is 0 Å². The zero-order valence-corrected chi connectivity index (χ0v) is 9.22. The van der Waals surface area contributed by atoms with Gasteiger partial charge < -0.3 is 10.4 Å². The molecular formula is C10H17NO2S. The molecule has 2 unspecified atom stereocenters. The van der Waals surface area contributed by atoms with Gasteiger partial charge in [-0.15, -0.1) is 0 Å². The van der Waals surface area contributed by atoms with Crippen LogP contribution in [0.5, 0.6) is 0 Å². The van der Waals surface area contributed by atoms with E-state index in [0.29, 0.717) is 11.3 Å². The van der Waals surface area contributed by atoms with Crippen molar-refractivity contribution in [1.29, 1.82) is 0 Å². The maximum absolute atomic E-state index is 10.2. The van der Waals surface area contributed by atoms with Gasteiger partial charge in [-0.25, -0.2) is 4.79 Å². The van der Waals surface area contributed by atoms with Crippen LogP contribution >= 0.6 is 11.8 Å². The molecule has 4 heteroatoms. The quantitative estimate of drug-likeness (QED) is 0.687. The van der Waals surface area contributed by atoms with Crippen molar-refractivity contribution in [3.05, 3.63) is 12.3 Å². The van der Waals surface area contributed by atoms with Crippen LogP contribution in [0, 0.1) is 0 Å². The van der Waals surface area contributed by atoms with E-state index in [1.165, 1.54) is 12.8 Å². The van der Waals surface area contributed by atoms with E-state index in [-0.39, 0.29) is 0 Å². The molecule has 1 fully saturated rings. The minimum Gasteiger partial charge on any atom is -0.478 e. The summed E-state index contributed by atoms with van der Waals surface area (Å²) in [7, 11) is 0. The molecule has 0 heterocycles. The molecule has 0 aromatic rings. The molecule has 2 N–H and O–H groups in total. The normalized spacial score (nSPS) is 26.9. The fourth-order valence-electron chi connectivity index (χ4n) is 1.77. The van der Waals surface area contributed by atoms with Crippen LogP contribution in [0.15, 0.2) is 12.3 Å². The van der Waals surface area contributed by atoms with Crippen LogP contribution in [0.25, 0.3) is 0 Å². The van der Waals surface area contributed by atoms with E-state index in [1.807, 2.05) is 11.8 Å². The van der Waals surface area contributed by atoms with E-state index < -0.39 is 5.97 Å². The van der Waals surface area contributed by atoms with Gasteiger partial charge in [0.2, 0.25) is 0 Å².